The molecular weight excluding hydrogens is 346 g/mol. The molecule has 1 amide bonds. The van der Waals surface area contributed by atoms with Gasteiger partial charge in [-0.1, -0.05) is 24.4 Å². The van der Waals surface area contributed by atoms with Crippen LogP contribution in [0.2, 0.25) is 5.02 Å². The molecule has 2 aromatic rings. The number of hydrogen-bond acceptors (Lipinski definition) is 5. The molecule has 0 atom stereocenters. The van der Waals surface area contributed by atoms with Gasteiger partial charge in [-0.15, -0.1) is 11.3 Å². The Hall–Kier alpha value is -1.63. The summed E-state index contributed by atoms with van der Waals surface area (Å²) < 4.78 is 5.14. The molecule has 2 rings (SSSR count). The van der Waals surface area contributed by atoms with Gasteiger partial charge in [-0.05, 0) is 37.6 Å². The monoisotopic (exact) mass is 367 g/mol. The largest absolute Gasteiger partial charge is 0.495 e. The highest BCUT2D eigenvalue weighted by Crippen LogP contribution is 2.31. The van der Waals surface area contributed by atoms with Crippen LogP contribution in [-0.2, 0) is 4.79 Å². The fourth-order valence-corrected chi connectivity index (χ4v) is 3.25. The first kappa shape index (κ1) is 18.7. The van der Waals surface area contributed by atoms with Crippen LogP contribution >= 0.6 is 22.9 Å². The molecule has 7 heteroatoms. The zero-order valence-electron chi connectivity index (χ0n) is 13.7. The van der Waals surface area contributed by atoms with Crippen molar-refractivity contribution < 1.29 is 9.53 Å². The Kier molecular flexibility index (Phi) is 7.49. The molecule has 0 spiro atoms. The Morgan fingerprint density at radius 1 is 1.33 bits per heavy atom. The highest BCUT2D eigenvalue weighted by atomic mass is 35.5. The van der Waals surface area contributed by atoms with Gasteiger partial charge in [0, 0.05) is 17.4 Å². The van der Waals surface area contributed by atoms with Crippen molar-refractivity contribution in [2.24, 2.45) is 5.73 Å². The molecule has 0 saturated carbocycles. The standard InChI is InChI=1S/C17H22ClN3O2S/c1-23-15-8-7-12(10-13(15)18)14-11-24-17(20-14)21-16(22)6-4-2-3-5-9-19/h7-8,10-11H,2-6,9,19H2,1H3,(H,20,21,22). The van der Waals surface area contributed by atoms with E-state index < -0.39 is 0 Å². The highest BCUT2D eigenvalue weighted by molar-refractivity contribution is 7.14. The zero-order chi connectivity index (χ0) is 17.4. The Labute approximate surface area is 151 Å². The lowest BCUT2D eigenvalue weighted by Crippen LogP contribution is -2.10. The minimum Gasteiger partial charge on any atom is -0.495 e. The number of unbranched alkanes of at least 4 members (excludes halogenated alkanes) is 3. The number of nitrogens with two attached hydrogens (primary N) is 1. The summed E-state index contributed by atoms with van der Waals surface area (Å²) in [7, 11) is 1.58. The van der Waals surface area contributed by atoms with E-state index in [0.29, 0.717) is 28.9 Å². The van der Waals surface area contributed by atoms with Gasteiger partial charge in [-0.3, -0.25) is 4.79 Å². The third-order valence-corrected chi connectivity index (χ3v) is 4.61. The van der Waals surface area contributed by atoms with Gasteiger partial charge in [0.15, 0.2) is 5.13 Å². The topological polar surface area (TPSA) is 77.2 Å². The zero-order valence-corrected chi connectivity index (χ0v) is 15.3. The molecule has 0 aliphatic carbocycles. The number of rotatable bonds is 9. The molecule has 1 aromatic carbocycles. The summed E-state index contributed by atoms with van der Waals surface area (Å²) in [5.41, 5.74) is 7.12. The van der Waals surface area contributed by atoms with Crippen LogP contribution in [0.5, 0.6) is 5.75 Å². The maximum Gasteiger partial charge on any atom is 0.226 e. The summed E-state index contributed by atoms with van der Waals surface area (Å²) in [6, 6.07) is 5.50. The van der Waals surface area contributed by atoms with Crippen LogP contribution in [0.4, 0.5) is 5.13 Å². The first-order valence-electron chi connectivity index (χ1n) is 7.93. The number of nitrogens with zero attached hydrogens (tertiary/aromatic N) is 1. The second kappa shape index (κ2) is 9.61. The van der Waals surface area contributed by atoms with Gasteiger partial charge < -0.3 is 15.8 Å². The molecule has 5 nitrogen and oxygen atoms in total. The molecule has 1 heterocycles. The third-order valence-electron chi connectivity index (χ3n) is 3.56. The molecule has 1 aromatic heterocycles. The van der Waals surface area contributed by atoms with Crippen LogP contribution in [0, 0.1) is 0 Å². The van der Waals surface area contributed by atoms with Crippen LogP contribution in [0.15, 0.2) is 23.6 Å². The van der Waals surface area contributed by atoms with E-state index in [-0.39, 0.29) is 5.91 Å². The number of carbonyl (C=O) groups is 1. The maximum absolute atomic E-state index is 11.9. The SMILES string of the molecule is COc1ccc(-c2csc(NC(=O)CCCCCCN)n2)cc1Cl. The van der Waals surface area contributed by atoms with Crippen LogP contribution in [0.1, 0.15) is 32.1 Å². The first-order valence-corrected chi connectivity index (χ1v) is 9.19. The van der Waals surface area contributed by atoms with Gasteiger partial charge in [0.25, 0.3) is 0 Å². The van der Waals surface area contributed by atoms with E-state index in [2.05, 4.69) is 10.3 Å². The fraction of sp³-hybridized carbons (Fsp3) is 0.412. The minimum atomic E-state index is -0.00332. The number of methoxy groups -OCH3 is 1. The van der Waals surface area contributed by atoms with Crippen molar-refractivity contribution in [3.05, 3.63) is 28.6 Å². The summed E-state index contributed by atoms with van der Waals surface area (Å²) >= 11 is 7.54. The smallest absolute Gasteiger partial charge is 0.226 e. The lowest BCUT2D eigenvalue weighted by Gasteiger charge is -2.04. The van der Waals surface area contributed by atoms with E-state index in [1.165, 1.54) is 11.3 Å². The predicted molar refractivity (Wildman–Crippen MR) is 99.9 cm³/mol. The Balaban J connectivity index is 1.88. The molecule has 0 bridgehead atoms. The predicted octanol–water partition coefficient (Wildman–Crippen LogP) is 4.32. The lowest BCUT2D eigenvalue weighted by atomic mass is 10.1. The molecule has 24 heavy (non-hydrogen) atoms. The van der Waals surface area contributed by atoms with Gasteiger partial charge in [0.2, 0.25) is 5.91 Å². The van der Waals surface area contributed by atoms with Crippen molar-refractivity contribution in [3.8, 4) is 17.0 Å². The van der Waals surface area contributed by atoms with Gasteiger partial charge in [0.05, 0.1) is 17.8 Å². The van der Waals surface area contributed by atoms with Crippen molar-refractivity contribution in [2.45, 2.75) is 32.1 Å². The number of aromatic nitrogens is 1. The summed E-state index contributed by atoms with van der Waals surface area (Å²) in [6.07, 6.45) is 4.50. The summed E-state index contributed by atoms with van der Waals surface area (Å²) in [5.74, 6) is 0.621. The van der Waals surface area contributed by atoms with Crippen LogP contribution in [0.25, 0.3) is 11.3 Å². The Morgan fingerprint density at radius 3 is 2.83 bits per heavy atom. The van der Waals surface area contributed by atoms with Crippen LogP contribution < -0.4 is 15.8 Å². The molecule has 0 aliphatic rings. The Bertz CT molecular complexity index is 676. The summed E-state index contributed by atoms with van der Waals surface area (Å²) in [6.45, 7) is 0.712. The normalized spacial score (nSPS) is 10.6. The third kappa shape index (κ3) is 5.47. The van der Waals surface area contributed by atoms with Gasteiger partial charge in [-0.2, -0.15) is 0 Å². The van der Waals surface area contributed by atoms with Crippen molar-refractivity contribution in [1.29, 1.82) is 0 Å². The highest BCUT2D eigenvalue weighted by Gasteiger charge is 2.10. The number of carbonyl (C=O) groups excluding carboxylic acids is 1. The van der Waals surface area contributed by atoms with Gasteiger partial charge in [-0.25, -0.2) is 4.98 Å². The van der Waals surface area contributed by atoms with Crippen molar-refractivity contribution >= 4 is 34.0 Å². The number of halogens is 1. The average Bonchev–Trinajstić information content (AvgIpc) is 3.03. The molecule has 3 N–H and O–H groups in total. The molecule has 0 unspecified atom stereocenters. The summed E-state index contributed by atoms with van der Waals surface area (Å²) in [5, 5.41) is 5.88. The minimum absolute atomic E-state index is 0.00332. The molecule has 0 aliphatic heterocycles. The van der Waals surface area contributed by atoms with E-state index in [9.17, 15) is 4.79 Å². The van der Waals surface area contributed by atoms with E-state index in [1.807, 2.05) is 11.4 Å². The number of amides is 1. The molecule has 130 valence electrons. The van der Waals surface area contributed by atoms with E-state index >= 15 is 0 Å². The fourth-order valence-electron chi connectivity index (χ4n) is 2.25. The molecule has 0 radical (unpaired) electrons. The summed E-state index contributed by atoms with van der Waals surface area (Å²) in [4.78, 5) is 16.4. The van der Waals surface area contributed by atoms with E-state index in [0.717, 1.165) is 36.9 Å². The maximum atomic E-state index is 11.9. The van der Waals surface area contributed by atoms with Crippen molar-refractivity contribution in [2.75, 3.05) is 19.0 Å². The van der Waals surface area contributed by atoms with Crippen molar-refractivity contribution in [1.82, 2.24) is 4.98 Å². The average molecular weight is 368 g/mol. The van der Waals surface area contributed by atoms with Crippen LogP contribution in [0.3, 0.4) is 0 Å². The number of hydrogen-bond donors (Lipinski definition) is 2. The Morgan fingerprint density at radius 2 is 2.12 bits per heavy atom. The van der Waals surface area contributed by atoms with Gasteiger partial charge in [0.1, 0.15) is 5.75 Å². The molecule has 0 fully saturated rings. The van der Waals surface area contributed by atoms with Crippen LogP contribution in [-0.4, -0.2) is 24.5 Å². The first-order chi connectivity index (χ1) is 11.6. The second-order valence-electron chi connectivity index (χ2n) is 5.39. The quantitative estimate of drug-likeness (QED) is 0.647. The number of thiazole rings is 1. The lowest BCUT2D eigenvalue weighted by molar-refractivity contribution is -0.116. The van der Waals surface area contributed by atoms with E-state index in [4.69, 9.17) is 22.1 Å². The number of anilines is 1. The van der Waals surface area contributed by atoms with Crippen molar-refractivity contribution in [3.63, 3.8) is 0 Å². The number of ether oxygens (including phenoxy) is 1. The van der Waals surface area contributed by atoms with Gasteiger partial charge >= 0.3 is 0 Å². The molecule has 0 saturated heterocycles. The van der Waals surface area contributed by atoms with E-state index in [1.54, 1.807) is 19.2 Å². The number of benzene rings is 1. The second-order valence-corrected chi connectivity index (χ2v) is 6.65. The number of nitrogens with one attached hydrogen (secondary N) is 1. The molecular formula is C17H22ClN3O2S.